The van der Waals surface area contributed by atoms with Crippen molar-refractivity contribution in [2.24, 2.45) is 5.92 Å². The van der Waals surface area contributed by atoms with E-state index in [2.05, 4.69) is 19.2 Å². The van der Waals surface area contributed by atoms with E-state index in [1.807, 2.05) is 0 Å². The van der Waals surface area contributed by atoms with E-state index >= 15 is 0 Å². The Morgan fingerprint density at radius 1 is 1.24 bits per heavy atom. The molecule has 1 aromatic carbocycles. The van der Waals surface area contributed by atoms with Crippen LogP contribution < -0.4 is 5.32 Å². The first-order chi connectivity index (χ1) is 8.06. The average molecular weight is 239 g/mol. The first-order valence-corrected chi connectivity index (χ1v) is 5.64. The summed E-state index contributed by atoms with van der Waals surface area (Å²) in [7, 11) is 0. The van der Waals surface area contributed by atoms with Gasteiger partial charge in [-0.3, -0.25) is 0 Å². The van der Waals surface area contributed by atoms with Crippen molar-refractivity contribution in [3.63, 3.8) is 0 Å². The quantitative estimate of drug-likeness (QED) is 0.883. The van der Waals surface area contributed by atoms with Crippen LogP contribution >= 0.6 is 0 Å². The molecule has 0 fully saturated rings. The SMILES string of the molecule is CC(C)CNCc1cc2c(F)cc(F)cc2o1. The molecule has 0 radical (unpaired) electrons. The molecule has 0 saturated heterocycles. The molecule has 0 atom stereocenters. The van der Waals surface area contributed by atoms with E-state index in [1.165, 1.54) is 6.07 Å². The summed E-state index contributed by atoms with van der Waals surface area (Å²) < 4.78 is 31.7. The third kappa shape index (κ3) is 2.82. The zero-order valence-corrected chi connectivity index (χ0v) is 9.89. The predicted octanol–water partition coefficient (Wildman–Crippen LogP) is 3.46. The largest absolute Gasteiger partial charge is 0.459 e. The standard InChI is InChI=1S/C13H15F2NO/c1-8(2)6-16-7-10-5-11-12(15)3-9(14)4-13(11)17-10/h3-5,8,16H,6-7H2,1-2H3. The minimum absolute atomic E-state index is 0.254. The zero-order valence-electron chi connectivity index (χ0n) is 9.89. The number of benzene rings is 1. The Morgan fingerprint density at radius 2 is 2.00 bits per heavy atom. The molecule has 2 nitrogen and oxygen atoms in total. The Labute approximate surface area is 98.6 Å². The van der Waals surface area contributed by atoms with E-state index < -0.39 is 11.6 Å². The third-order valence-corrected chi connectivity index (χ3v) is 2.45. The normalized spacial score (nSPS) is 11.6. The summed E-state index contributed by atoms with van der Waals surface area (Å²) in [6, 6.07) is 3.67. The minimum Gasteiger partial charge on any atom is -0.459 e. The van der Waals surface area contributed by atoms with E-state index in [0.717, 1.165) is 12.6 Å². The van der Waals surface area contributed by atoms with Crippen molar-refractivity contribution < 1.29 is 13.2 Å². The maximum absolute atomic E-state index is 13.4. The molecule has 0 amide bonds. The third-order valence-electron chi connectivity index (χ3n) is 2.45. The summed E-state index contributed by atoms with van der Waals surface area (Å²) in [6.07, 6.45) is 0. The fourth-order valence-corrected chi connectivity index (χ4v) is 1.69. The molecule has 92 valence electrons. The van der Waals surface area contributed by atoms with Crippen molar-refractivity contribution in [3.05, 3.63) is 35.6 Å². The van der Waals surface area contributed by atoms with E-state index in [9.17, 15) is 8.78 Å². The van der Waals surface area contributed by atoms with Crippen LogP contribution in [0.3, 0.4) is 0 Å². The number of halogens is 2. The molecule has 0 aliphatic heterocycles. The van der Waals surface area contributed by atoms with Crippen LogP contribution in [0.15, 0.2) is 22.6 Å². The molecular formula is C13H15F2NO. The van der Waals surface area contributed by atoms with Crippen LogP contribution in [-0.4, -0.2) is 6.54 Å². The number of rotatable bonds is 4. The summed E-state index contributed by atoms with van der Waals surface area (Å²) in [5.41, 5.74) is 0.254. The van der Waals surface area contributed by atoms with Gasteiger partial charge in [-0.1, -0.05) is 13.8 Å². The lowest BCUT2D eigenvalue weighted by Gasteiger charge is -2.04. The second-order valence-corrected chi connectivity index (χ2v) is 4.54. The van der Waals surface area contributed by atoms with Gasteiger partial charge in [0.1, 0.15) is 23.0 Å². The molecule has 1 N–H and O–H groups in total. The highest BCUT2D eigenvalue weighted by Crippen LogP contribution is 2.23. The summed E-state index contributed by atoms with van der Waals surface area (Å²) in [5.74, 6) is -0.0522. The van der Waals surface area contributed by atoms with E-state index in [0.29, 0.717) is 23.6 Å². The van der Waals surface area contributed by atoms with E-state index in [4.69, 9.17) is 4.42 Å². The van der Waals surface area contributed by atoms with Gasteiger partial charge < -0.3 is 9.73 Å². The van der Waals surface area contributed by atoms with Gasteiger partial charge in [-0.15, -0.1) is 0 Å². The lowest BCUT2D eigenvalue weighted by Crippen LogP contribution is -2.18. The molecule has 17 heavy (non-hydrogen) atoms. The molecule has 0 unspecified atom stereocenters. The molecule has 0 spiro atoms. The Kier molecular flexibility index (Phi) is 3.43. The summed E-state index contributed by atoms with van der Waals surface area (Å²) in [5, 5.41) is 3.51. The van der Waals surface area contributed by atoms with Crippen LogP contribution in [0.2, 0.25) is 0 Å². The number of fused-ring (bicyclic) bond motifs is 1. The topological polar surface area (TPSA) is 25.2 Å². The second kappa shape index (κ2) is 4.84. The zero-order chi connectivity index (χ0) is 12.4. The molecule has 0 bridgehead atoms. The van der Waals surface area contributed by atoms with E-state index in [-0.39, 0.29) is 5.58 Å². The van der Waals surface area contributed by atoms with Crippen LogP contribution in [-0.2, 0) is 6.54 Å². The highest BCUT2D eigenvalue weighted by atomic mass is 19.1. The van der Waals surface area contributed by atoms with Crippen molar-refractivity contribution in [2.45, 2.75) is 20.4 Å². The Morgan fingerprint density at radius 3 is 2.71 bits per heavy atom. The van der Waals surface area contributed by atoms with Crippen molar-refractivity contribution in [1.29, 1.82) is 0 Å². The van der Waals surface area contributed by atoms with Gasteiger partial charge in [0.25, 0.3) is 0 Å². The molecule has 2 rings (SSSR count). The Bertz CT molecular complexity index is 519. The fraction of sp³-hybridized carbons (Fsp3) is 0.385. The number of nitrogens with one attached hydrogen (secondary N) is 1. The van der Waals surface area contributed by atoms with Gasteiger partial charge in [0.05, 0.1) is 11.9 Å². The highest BCUT2D eigenvalue weighted by Gasteiger charge is 2.10. The van der Waals surface area contributed by atoms with Crippen LogP contribution in [0.4, 0.5) is 8.78 Å². The average Bonchev–Trinajstić information content (AvgIpc) is 2.60. The molecule has 1 aromatic heterocycles. The molecule has 0 saturated carbocycles. The molecule has 4 heteroatoms. The van der Waals surface area contributed by atoms with Gasteiger partial charge in [0.2, 0.25) is 0 Å². The summed E-state index contributed by atoms with van der Waals surface area (Å²) in [4.78, 5) is 0. The van der Waals surface area contributed by atoms with Gasteiger partial charge in [-0.25, -0.2) is 8.78 Å². The Hall–Kier alpha value is -1.42. The van der Waals surface area contributed by atoms with Crippen molar-refractivity contribution in [1.82, 2.24) is 5.32 Å². The lowest BCUT2D eigenvalue weighted by molar-refractivity contribution is 0.484. The van der Waals surface area contributed by atoms with E-state index in [1.54, 1.807) is 6.07 Å². The van der Waals surface area contributed by atoms with Crippen molar-refractivity contribution in [2.75, 3.05) is 6.54 Å². The predicted molar refractivity (Wildman–Crippen MR) is 62.7 cm³/mol. The molecule has 0 aliphatic carbocycles. The fourth-order valence-electron chi connectivity index (χ4n) is 1.69. The van der Waals surface area contributed by atoms with Crippen molar-refractivity contribution in [3.8, 4) is 0 Å². The number of hydrogen-bond donors (Lipinski definition) is 1. The van der Waals surface area contributed by atoms with Crippen molar-refractivity contribution >= 4 is 11.0 Å². The summed E-state index contributed by atoms with van der Waals surface area (Å²) >= 11 is 0. The highest BCUT2D eigenvalue weighted by molar-refractivity contribution is 5.78. The monoisotopic (exact) mass is 239 g/mol. The maximum Gasteiger partial charge on any atom is 0.140 e. The number of hydrogen-bond acceptors (Lipinski definition) is 2. The van der Waals surface area contributed by atoms with Crippen LogP contribution in [0.25, 0.3) is 11.0 Å². The molecular weight excluding hydrogens is 224 g/mol. The van der Waals surface area contributed by atoms with Gasteiger partial charge in [0, 0.05) is 12.1 Å². The van der Waals surface area contributed by atoms with Crippen LogP contribution in [0.5, 0.6) is 0 Å². The Balaban J connectivity index is 2.17. The van der Waals surface area contributed by atoms with Gasteiger partial charge >= 0.3 is 0 Å². The number of furan rings is 1. The van der Waals surface area contributed by atoms with Crippen LogP contribution in [0.1, 0.15) is 19.6 Å². The summed E-state index contributed by atoms with van der Waals surface area (Å²) in [6.45, 7) is 5.57. The van der Waals surface area contributed by atoms with Crippen LogP contribution in [0, 0.1) is 17.6 Å². The molecule has 2 aromatic rings. The smallest absolute Gasteiger partial charge is 0.140 e. The van der Waals surface area contributed by atoms with Gasteiger partial charge in [-0.2, -0.15) is 0 Å². The van der Waals surface area contributed by atoms with Gasteiger partial charge in [0.15, 0.2) is 0 Å². The first-order valence-electron chi connectivity index (χ1n) is 5.64. The molecule has 1 heterocycles. The first kappa shape index (κ1) is 12.0. The van der Waals surface area contributed by atoms with Gasteiger partial charge in [-0.05, 0) is 18.5 Å². The maximum atomic E-state index is 13.4. The lowest BCUT2D eigenvalue weighted by atomic mass is 10.2. The second-order valence-electron chi connectivity index (χ2n) is 4.54. The molecule has 0 aliphatic rings. The minimum atomic E-state index is -0.619.